The average molecular weight is 347 g/mol. The van der Waals surface area contributed by atoms with Crippen LogP contribution in [0.1, 0.15) is 51.5 Å². The van der Waals surface area contributed by atoms with Crippen LogP contribution in [-0.2, 0) is 16.0 Å². The number of benzene rings is 1. The molecule has 0 fully saturated rings. The number of esters is 1. The molecule has 0 atom stereocenters. The molecule has 0 unspecified atom stereocenters. The predicted molar refractivity (Wildman–Crippen MR) is 105 cm³/mol. The minimum Gasteiger partial charge on any atom is -0.462 e. The van der Waals surface area contributed by atoms with Gasteiger partial charge in [-0.2, -0.15) is 0 Å². The Balaban J connectivity index is 2.29. The fourth-order valence-electron chi connectivity index (χ4n) is 2.74. The minimum atomic E-state index is -0.0883. The normalized spacial score (nSPS) is 12.2. The molecule has 0 saturated carbocycles. The van der Waals surface area contributed by atoms with Gasteiger partial charge in [-0.05, 0) is 31.4 Å². The molecule has 1 aromatic rings. The third-order valence-corrected chi connectivity index (χ3v) is 4.33. The van der Waals surface area contributed by atoms with Crippen LogP contribution in [0.5, 0.6) is 0 Å². The molecule has 1 aromatic carbocycles. The van der Waals surface area contributed by atoms with Crippen LogP contribution >= 0.6 is 0 Å². The van der Waals surface area contributed by atoms with Crippen molar-refractivity contribution in [3.05, 3.63) is 47.5 Å². The van der Waals surface area contributed by atoms with Crippen molar-refractivity contribution in [3.63, 3.8) is 0 Å². The molecular formula is C22H36NO2+. The number of allylic oxidation sites excluding steroid dienone is 1. The summed E-state index contributed by atoms with van der Waals surface area (Å²) in [5, 5.41) is 0. The Hall–Kier alpha value is -1.61. The van der Waals surface area contributed by atoms with E-state index in [1.807, 2.05) is 6.07 Å². The lowest BCUT2D eigenvalue weighted by Crippen LogP contribution is -2.44. The van der Waals surface area contributed by atoms with Gasteiger partial charge in [0.1, 0.15) is 0 Å². The van der Waals surface area contributed by atoms with Crippen LogP contribution in [0.2, 0.25) is 0 Å². The Morgan fingerprint density at radius 1 is 1.08 bits per heavy atom. The van der Waals surface area contributed by atoms with Gasteiger partial charge in [0.25, 0.3) is 0 Å². The highest BCUT2D eigenvalue weighted by atomic mass is 16.5. The molecule has 3 heteroatoms. The molecule has 3 nitrogen and oxygen atoms in total. The topological polar surface area (TPSA) is 26.3 Å². The Labute approximate surface area is 154 Å². The predicted octanol–water partition coefficient (Wildman–Crippen LogP) is 4.77. The van der Waals surface area contributed by atoms with Gasteiger partial charge in [0.2, 0.25) is 0 Å². The van der Waals surface area contributed by atoms with E-state index >= 15 is 0 Å². The Bertz CT molecular complexity index is 520. The van der Waals surface area contributed by atoms with Crippen molar-refractivity contribution in [3.8, 4) is 0 Å². The minimum absolute atomic E-state index is 0.0883. The zero-order valence-corrected chi connectivity index (χ0v) is 16.6. The summed E-state index contributed by atoms with van der Waals surface area (Å²) in [5.41, 5.74) is 2.66. The van der Waals surface area contributed by atoms with Crippen molar-refractivity contribution in [1.29, 1.82) is 0 Å². The summed E-state index contributed by atoms with van der Waals surface area (Å²) in [4.78, 5) is 12.0. The number of carbonyl (C=O) groups excluding carboxylic acids is 1. The maximum atomic E-state index is 12.0. The van der Waals surface area contributed by atoms with Crippen molar-refractivity contribution in [2.45, 2.75) is 52.4 Å². The summed E-state index contributed by atoms with van der Waals surface area (Å²) in [6, 6.07) is 10.5. The highest BCUT2D eigenvalue weighted by molar-refractivity contribution is 5.70. The molecule has 0 amide bonds. The number of ether oxygens (including phenoxy) is 1. The number of hydrogen-bond acceptors (Lipinski definition) is 2. The third-order valence-electron chi connectivity index (χ3n) is 4.33. The lowest BCUT2D eigenvalue weighted by molar-refractivity contribution is -0.877. The van der Waals surface area contributed by atoms with Gasteiger partial charge in [0.05, 0.1) is 27.2 Å². The SMILES string of the molecule is CCCCCCCOC(=O)C[N+](C)(C)C/C=C(\C)Cc1ccccc1. The molecular weight excluding hydrogens is 310 g/mol. The smallest absolute Gasteiger partial charge is 0.361 e. The second-order valence-electron chi connectivity index (χ2n) is 7.62. The molecule has 0 heterocycles. The number of unbranched alkanes of at least 4 members (excludes halogenated alkanes) is 4. The molecule has 0 radical (unpaired) electrons. The third kappa shape index (κ3) is 10.8. The van der Waals surface area contributed by atoms with E-state index in [9.17, 15) is 4.79 Å². The maximum absolute atomic E-state index is 12.0. The zero-order valence-electron chi connectivity index (χ0n) is 16.6. The molecule has 0 aliphatic heterocycles. The zero-order chi connectivity index (χ0) is 18.5. The van der Waals surface area contributed by atoms with E-state index < -0.39 is 0 Å². The molecule has 0 saturated heterocycles. The Morgan fingerprint density at radius 2 is 1.76 bits per heavy atom. The summed E-state index contributed by atoms with van der Waals surface area (Å²) in [5.74, 6) is -0.0883. The summed E-state index contributed by atoms with van der Waals surface area (Å²) in [6.07, 6.45) is 9.08. The van der Waals surface area contributed by atoms with E-state index in [0.29, 0.717) is 17.6 Å². The maximum Gasteiger partial charge on any atom is 0.361 e. The monoisotopic (exact) mass is 346 g/mol. The molecule has 0 spiro atoms. The number of hydrogen-bond donors (Lipinski definition) is 0. The van der Waals surface area contributed by atoms with E-state index in [1.54, 1.807) is 0 Å². The van der Waals surface area contributed by atoms with Crippen molar-refractivity contribution >= 4 is 5.97 Å². The van der Waals surface area contributed by atoms with Crippen molar-refractivity contribution in [2.24, 2.45) is 0 Å². The fraction of sp³-hybridized carbons (Fsp3) is 0.591. The Morgan fingerprint density at radius 3 is 2.44 bits per heavy atom. The first-order chi connectivity index (χ1) is 11.9. The molecule has 0 bridgehead atoms. The lowest BCUT2D eigenvalue weighted by Gasteiger charge is -2.27. The van der Waals surface area contributed by atoms with Crippen LogP contribution in [-0.4, -0.2) is 44.2 Å². The van der Waals surface area contributed by atoms with Crippen LogP contribution in [0.25, 0.3) is 0 Å². The first kappa shape index (κ1) is 21.4. The van der Waals surface area contributed by atoms with Gasteiger partial charge in [-0.1, -0.05) is 68.5 Å². The number of carbonyl (C=O) groups is 1. The average Bonchev–Trinajstić information content (AvgIpc) is 2.57. The van der Waals surface area contributed by atoms with Gasteiger partial charge in [0, 0.05) is 0 Å². The number of quaternary nitrogens is 1. The molecule has 0 aliphatic rings. The van der Waals surface area contributed by atoms with Gasteiger partial charge in [0.15, 0.2) is 6.54 Å². The quantitative estimate of drug-likeness (QED) is 0.236. The van der Waals surface area contributed by atoms with E-state index in [0.717, 1.165) is 25.8 Å². The van der Waals surface area contributed by atoms with Crippen LogP contribution in [0, 0.1) is 0 Å². The standard InChI is InChI=1S/C22H36NO2/c1-5-6-7-8-12-17-25-22(24)19-23(3,4)16-15-20(2)18-21-13-10-9-11-14-21/h9-11,13-15H,5-8,12,16-19H2,1-4H3/q+1/b20-15+. The summed E-state index contributed by atoms with van der Waals surface area (Å²) in [7, 11) is 4.16. The molecule has 0 aliphatic carbocycles. The number of likely N-dealkylation sites (N-methyl/N-ethyl adjacent to an activating group) is 1. The first-order valence-electron chi connectivity index (χ1n) is 9.60. The second kappa shape index (κ2) is 11.9. The molecule has 1 rings (SSSR count). The van der Waals surface area contributed by atoms with Gasteiger partial charge in [-0.3, -0.25) is 0 Å². The number of rotatable bonds is 12. The fourth-order valence-corrected chi connectivity index (χ4v) is 2.74. The summed E-state index contributed by atoms with van der Waals surface area (Å²) in [6.45, 7) is 6.18. The summed E-state index contributed by atoms with van der Waals surface area (Å²) >= 11 is 0. The van der Waals surface area contributed by atoms with Crippen LogP contribution in [0.3, 0.4) is 0 Å². The molecule has 0 N–H and O–H groups in total. The van der Waals surface area contributed by atoms with Gasteiger partial charge >= 0.3 is 5.97 Å². The van der Waals surface area contributed by atoms with Crippen molar-refractivity contribution in [1.82, 2.24) is 0 Å². The molecule has 140 valence electrons. The highest BCUT2D eigenvalue weighted by Gasteiger charge is 2.19. The largest absolute Gasteiger partial charge is 0.462 e. The van der Waals surface area contributed by atoms with Gasteiger partial charge in [-0.15, -0.1) is 0 Å². The summed E-state index contributed by atoms with van der Waals surface area (Å²) < 4.78 is 6.01. The molecule has 25 heavy (non-hydrogen) atoms. The lowest BCUT2D eigenvalue weighted by atomic mass is 10.1. The number of nitrogens with zero attached hydrogens (tertiary/aromatic N) is 1. The van der Waals surface area contributed by atoms with E-state index in [-0.39, 0.29) is 5.97 Å². The molecule has 0 aromatic heterocycles. The van der Waals surface area contributed by atoms with E-state index in [2.05, 4.69) is 58.3 Å². The van der Waals surface area contributed by atoms with Crippen LogP contribution < -0.4 is 0 Å². The van der Waals surface area contributed by atoms with Crippen LogP contribution in [0.15, 0.2) is 42.0 Å². The van der Waals surface area contributed by atoms with Crippen LogP contribution in [0.4, 0.5) is 0 Å². The highest BCUT2D eigenvalue weighted by Crippen LogP contribution is 2.09. The van der Waals surface area contributed by atoms with Gasteiger partial charge in [-0.25, -0.2) is 4.79 Å². The van der Waals surface area contributed by atoms with E-state index in [1.165, 1.54) is 30.4 Å². The second-order valence-corrected chi connectivity index (χ2v) is 7.62. The Kier molecular flexibility index (Phi) is 10.2. The van der Waals surface area contributed by atoms with Crippen molar-refractivity contribution in [2.75, 3.05) is 33.8 Å². The van der Waals surface area contributed by atoms with Gasteiger partial charge < -0.3 is 9.22 Å². The first-order valence-corrected chi connectivity index (χ1v) is 9.60. The van der Waals surface area contributed by atoms with E-state index in [4.69, 9.17) is 4.74 Å². The van der Waals surface area contributed by atoms with Crippen molar-refractivity contribution < 1.29 is 14.0 Å².